The highest BCUT2D eigenvalue weighted by Gasteiger charge is 2.24. The highest BCUT2D eigenvalue weighted by Crippen LogP contribution is 2.42. The molecule has 0 saturated carbocycles. The van der Waals surface area contributed by atoms with E-state index in [2.05, 4.69) is 72.6 Å². The summed E-state index contributed by atoms with van der Waals surface area (Å²) in [4.78, 5) is 0. The van der Waals surface area contributed by atoms with Gasteiger partial charge in [0.2, 0.25) is 5.69 Å². The minimum absolute atomic E-state index is 1.10. The number of pyridine rings is 1. The second-order valence-corrected chi connectivity index (χ2v) is 8.80. The predicted molar refractivity (Wildman–Crippen MR) is 108 cm³/mol. The third kappa shape index (κ3) is 1.95. The molecule has 0 bridgehead atoms. The molecule has 4 aromatic rings. The summed E-state index contributed by atoms with van der Waals surface area (Å²) >= 11 is 3.34. The van der Waals surface area contributed by atoms with Gasteiger partial charge in [0.15, 0.2) is 6.20 Å². The molecule has 0 amide bonds. The Balaban J connectivity index is 1.90. The van der Waals surface area contributed by atoms with E-state index in [-0.39, 0.29) is 0 Å². The van der Waals surface area contributed by atoms with Crippen LogP contribution in [0, 0.1) is 6.92 Å². The molecular weight excluding hydrogens is 330 g/mol. The zero-order chi connectivity index (χ0) is 16.3. The quantitative estimate of drug-likeness (QED) is 0.279. The second kappa shape index (κ2) is 5.27. The molecule has 0 saturated heterocycles. The standard InChI is InChI=1S/C21H18NS2/c1-13-15-6-4-3-5-14(15)7-8-16(13)20-19-17-10-12-23-21(17)24-18(19)9-11-22(20)2/h3-9,11-12,23H,10H2,1-2H3/q+1. The molecule has 0 radical (unpaired) electrons. The van der Waals surface area contributed by atoms with E-state index in [0.717, 1.165) is 6.42 Å². The zero-order valence-corrected chi connectivity index (χ0v) is 15.4. The summed E-state index contributed by atoms with van der Waals surface area (Å²) < 4.78 is 5.24. The number of hydrogen-bond acceptors (Lipinski definition) is 1. The molecule has 3 heterocycles. The molecule has 2 aromatic heterocycles. The largest absolute Gasteiger partial charge is 0.221 e. The molecule has 0 unspecified atom stereocenters. The third-order valence-electron chi connectivity index (χ3n) is 5.01. The van der Waals surface area contributed by atoms with Gasteiger partial charge in [-0.1, -0.05) is 35.7 Å². The Morgan fingerprint density at radius 1 is 1.08 bits per heavy atom. The van der Waals surface area contributed by atoms with E-state index in [1.165, 1.54) is 58.8 Å². The lowest BCUT2D eigenvalue weighted by Crippen LogP contribution is -2.30. The van der Waals surface area contributed by atoms with Gasteiger partial charge in [-0.3, -0.25) is 0 Å². The summed E-state index contributed by atoms with van der Waals surface area (Å²) in [6.07, 6.45) is 3.30. The Bertz CT molecular complexity index is 1150. The van der Waals surface area contributed by atoms with Crippen LogP contribution in [0.4, 0.5) is 0 Å². The van der Waals surface area contributed by atoms with Crippen molar-refractivity contribution in [1.82, 2.24) is 0 Å². The van der Waals surface area contributed by atoms with Crippen LogP contribution < -0.4 is 4.57 Å². The molecule has 1 nitrogen and oxygen atoms in total. The van der Waals surface area contributed by atoms with Crippen molar-refractivity contribution in [3.63, 3.8) is 0 Å². The molecule has 1 aliphatic heterocycles. The third-order valence-corrected chi connectivity index (χ3v) is 7.47. The van der Waals surface area contributed by atoms with Crippen LogP contribution in [0.15, 0.2) is 52.9 Å². The number of hydrogen-bond donors (Lipinski definition) is 1. The van der Waals surface area contributed by atoms with Crippen molar-refractivity contribution in [3.8, 4) is 11.3 Å². The molecule has 0 fully saturated rings. The normalized spacial score (nSPS) is 13.4. The number of aromatic nitrogens is 1. The molecule has 0 atom stereocenters. The Labute approximate surface area is 149 Å². The van der Waals surface area contributed by atoms with E-state index in [4.69, 9.17) is 0 Å². The summed E-state index contributed by atoms with van der Waals surface area (Å²) in [6.45, 7) is 2.26. The second-order valence-electron chi connectivity index (χ2n) is 6.38. The van der Waals surface area contributed by atoms with Gasteiger partial charge >= 0.3 is 0 Å². The van der Waals surface area contributed by atoms with Crippen LogP contribution >= 0.6 is 22.7 Å². The van der Waals surface area contributed by atoms with E-state index in [1.807, 2.05) is 11.3 Å². The van der Waals surface area contributed by atoms with Crippen molar-refractivity contribution in [2.75, 3.05) is 0 Å². The average molecular weight is 349 g/mol. The van der Waals surface area contributed by atoms with Crippen molar-refractivity contribution < 1.29 is 4.57 Å². The van der Waals surface area contributed by atoms with Gasteiger partial charge in [-0.05, 0) is 41.3 Å². The van der Waals surface area contributed by atoms with Crippen LogP contribution in [0.5, 0.6) is 0 Å². The van der Waals surface area contributed by atoms with Gasteiger partial charge < -0.3 is 0 Å². The van der Waals surface area contributed by atoms with Crippen molar-refractivity contribution in [2.24, 2.45) is 7.05 Å². The maximum Gasteiger partial charge on any atom is 0.221 e. The Morgan fingerprint density at radius 2 is 1.96 bits per heavy atom. The smallest absolute Gasteiger partial charge is 0.200 e. The van der Waals surface area contributed by atoms with Crippen LogP contribution in [-0.2, 0) is 13.5 Å². The van der Waals surface area contributed by atoms with E-state index >= 15 is 0 Å². The SMILES string of the molecule is Cc1c(-c2c3c4c(sc3cc[n+]2C)[SH]=CC4)ccc2ccccc12. The lowest BCUT2D eigenvalue weighted by Gasteiger charge is -2.10. The number of thiol groups is 1. The summed E-state index contributed by atoms with van der Waals surface area (Å²) in [6, 6.07) is 15.5. The van der Waals surface area contributed by atoms with Gasteiger partial charge in [-0.15, -0.1) is 11.3 Å². The van der Waals surface area contributed by atoms with E-state index in [9.17, 15) is 0 Å². The molecule has 0 spiro atoms. The Kier molecular flexibility index (Phi) is 3.15. The van der Waals surface area contributed by atoms with E-state index in [0.29, 0.717) is 0 Å². The first-order valence-corrected chi connectivity index (χ1v) is 9.97. The molecule has 1 aliphatic rings. The first kappa shape index (κ1) is 14.4. The Morgan fingerprint density at radius 3 is 2.88 bits per heavy atom. The van der Waals surface area contributed by atoms with Crippen molar-refractivity contribution >= 4 is 48.9 Å². The summed E-state index contributed by atoms with van der Waals surface area (Å²) in [5.41, 5.74) is 5.62. The molecule has 3 heteroatoms. The van der Waals surface area contributed by atoms with E-state index < -0.39 is 0 Å². The topological polar surface area (TPSA) is 3.88 Å². The zero-order valence-electron chi connectivity index (χ0n) is 13.7. The first-order chi connectivity index (χ1) is 11.7. The number of fused-ring (bicyclic) bond motifs is 4. The van der Waals surface area contributed by atoms with Gasteiger partial charge in [-0.2, -0.15) is 11.4 Å². The van der Waals surface area contributed by atoms with Crippen molar-refractivity contribution in [3.05, 3.63) is 59.8 Å². The van der Waals surface area contributed by atoms with Gasteiger partial charge in [0, 0.05) is 10.8 Å². The molecule has 0 N–H and O–H groups in total. The molecule has 2 aromatic carbocycles. The predicted octanol–water partition coefficient (Wildman–Crippen LogP) is 5.04. The monoisotopic (exact) mass is 348 g/mol. The molecular formula is C21H18NS2+. The summed E-state index contributed by atoms with van der Waals surface area (Å²) in [5.74, 6) is 0. The van der Waals surface area contributed by atoms with Gasteiger partial charge in [0.25, 0.3) is 0 Å². The van der Waals surface area contributed by atoms with Crippen LogP contribution in [0.25, 0.3) is 32.1 Å². The highest BCUT2D eigenvalue weighted by molar-refractivity contribution is 8.00. The van der Waals surface area contributed by atoms with Gasteiger partial charge in [0.05, 0.1) is 15.2 Å². The van der Waals surface area contributed by atoms with Crippen LogP contribution in [0.3, 0.4) is 0 Å². The van der Waals surface area contributed by atoms with Crippen LogP contribution in [-0.4, -0.2) is 5.37 Å². The van der Waals surface area contributed by atoms with Gasteiger partial charge in [-0.25, -0.2) is 4.57 Å². The molecule has 24 heavy (non-hydrogen) atoms. The fourth-order valence-electron chi connectivity index (χ4n) is 3.80. The minimum atomic E-state index is 1.10. The van der Waals surface area contributed by atoms with Crippen LogP contribution in [0.2, 0.25) is 0 Å². The molecule has 118 valence electrons. The summed E-state index contributed by atoms with van der Waals surface area (Å²) in [5, 5.41) is 6.50. The molecule has 5 rings (SSSR count). The first-order valence-electron chi connectivity index (χ1n) is 8.19. The highest BCUT2D eigenvalue weighted by atomic mass is 32.2. The lowest BCUT2D eigenvalue weighted by molar-refractivity contribution is -0.659. The fraction of sp³-hybridized carbons (Fsp3) is 0.143. The number of nitrogens with zero attached hydrogens (tertiary/aromatic N) is 1. The number of benzene rings is 2. The van der Waals surface area contributed by atoms with Gasteiger partial charge in [0.1, 0.15) is 7.05 Å². The summed E-state index contributed by atoms with van der Waals surface area (Å²) in [7, 11) is 2.17. The van der Waals surface area contributed by atoms with Crippen molar-refractivity contribution in [1.29, 1.82) is 0 Å². The maximum atomic E-state index is 2.38. The van der Waals surface area contributed by atoms with Crippen molar-refractivity contribution in [2.45, 2.75) is 17.6 Å². The number of aryl methyl sites for hydroxylation is 2. The lowest BCUT2D eigenvalue weighted by atomic mass is 9.95. The maximum absolute atomic E-state index is 2.38. The average Bonchev–Trinajstić information content (AvgIpc) is 3.17. The number of thiophene rings is 1. The Hall–Kier alpha value is -1.97. The number of rotatable bonds is 1. The van der Waals surface area contributed by atoms with E-state index in [1.54, 1.807) is 0 Å². The minimum Gasteiger partial charge on any atom is -0.200 e. The molecule has 0 aliphatic carbocycles. The fourth-order valence-corrected chi connectivity index (χ4v) is 6.30. The van der Waals surface area contributed by atoms with Crippen LogP contribution in [0.1, 0.15) is 11.1 Å².